The molecule has 0 saturated carbocycles. The van der Waals surface area contributed by atoms with E-state index in [1.807, 2.05) is 49.4 Å². The number of hydrogen-bond acceptors (Lipinski definition) is 5. The number of rotatable bonds is 6. The molecule has 1 fully saturated rings. The maximum Gasteiger partial charge on any atom is 0.264 e. The third kappa shape index (κ3) is 5.90. The van der Waals surface area contributed by atoms with E-state index >= 15 is 0 Å². The summed E-state index contributed by atoms with van der Waals surface area (Å²) in [6.45, 7) is 2.77. The van der Waals surface area contributed by atoms with Gasteiger partial charge in [-0.25, -0.2) is 4.99 Å². The van der Waals surface area contributed by atoms with Gasteiger partial charge < -0.3 is 14.8 Å². The van der Waals surface area contributed by atoms with E-state index in [4.69, 9.17) is 15.9 Å². The monoisotopic (exact) mass is 630 g/mol. The van der Waals surface area contributed by atoms with Gasteiger partial charge in [-0.1, -0.05) is 5.92 Å². The molecule has 0 unspecified atom stereocenters. The maximum absolute atomic E-state index is 12.3. The summed E-state index contributed by atoms with van der Waals surface area (Å²) in [6, 6.07) is 11.3. The molecule has 1 heterocycles. The van der Waals surface area contributed by atoms with Crippen molar-refractivity contribution in [1.82, 2.24) is 5.32 Å². The van der Waals surface area contributed by atoms with Gasteiger partial charge in [-0.05, 0) is 112 Å². The molecule has 0 atom stereocenters. The summed E-state index contributed by atoms with van der Waals surface area (Å²) >= 11 is 5.71. The largest absolute Gasteiger partial charge is 0.494 e. The fourth-order valence-corrected chi connectivity index (χ4v) is 5.42. The number of nitrogens with one attached hydrogen (secondary N) is 1. The Morgan fingerprint density at radius 1 is 1.21 bits per heavy atom. The van der Waals surface area contributed by atoms with E-state index in [1.165, 1.54) is 11.8 Å². The maximum atomic E-state index is 12.3. The van der Waals surface area contributed by atoms with E-state index in [2.05, 4.69) is 61.4 Å². The Bertz CT molecular complexity index is 1000. The molecule has 2 aromatic carbocycles. The van der Waals surface area contributed by atoms with Crippen molar-refractivity contribution in [2.75, 3.05) is 13.2 Å². The highest BCUT2D eigenvalue weighted by Gasteiger charge is 2.24. The fraction of sp³-hybridized carbons (Fsp3) is 0.143. The highest BCUT2D eigenvalue weighted by molar-refractivity contribution is 14.1. The average Bonchev–Trinajstić information content (AvgIpc) is 3.02. The molecule has 0 radical (unpaired) electrons. The molecule has 1 aliphatic heterocycles. The molecular formula is C21H16I2N2O3S. The lowest BCUT2D eigenvalue weighted by molar-refractivity contribution is -0.115. The number of thioether (sulfide) groups is 1. The average molecular weight is 630 g/mol. The Balaban J connectivity index is 1.78. The van der Waals surface area contributed by atoms with Gasteiger partial charge in [0.2, 0.25) is 0 Å². The second-order valence-corrected chi connectivity index (χ2v) is 9.07. The molecule has 8 heteroatoms. The number of hydrogen-bond donors (Lipinski definition) is 1. The van der Waals surface area contributed by atoms with Crippen LogP contribution in [0.25, 0.3) is 6.08 Å². The first kappa shape index (κ1) is 22.0. The van der Waals surface area contributed by atoms with Gasteiger partial charge in [0, 0.05) is 0 Å². The first-order chi connectivity index (χ1) is 14.0. The summed E-state index contributed by atoms with van der Waals surface area (Å²) in [7, 11) is 0. The second-order valence-electron chi connectivity index (χ2n) is 5.72. The lowest BCUT2D eigenvalue weighted by atomic mass is 10.2. The van der Waals surface area contributed by atoms with Crippen LogP contribution >= 0.6 is 56.9 Å². The molecule has 1 N–H and O–H groups in total. The van der Waals surface area contributed by atoms with E-state index in [0.29, 0.717) is 16.7 Å². The Kier molecular flexibility index (Phi) is 7.85. The molecule has 5 nitrogen and oxygen atoms in total. The van der Waals surface area contributed by atoms with Crippen LogP contribution in [0.2, 0.25) is 0 Å². The van der Waals surface area contributed by atoms with Crippen LogP contribution in [0.4, 0.5) is 5.69 Å². The number of carbonyl (C=O) groups excluding carboxylic acids is 1. The van der Waals surface area contributed by atoms with Crippen LogP contribution in [0.1, 0.15) is 12.5 Å². The molecule has 0 bridgehead atoms. The summed E-state index contributed by atoms with van der Waals surface area (Å²) in [6.07, 6.45) is 7.11. The van der Waals surface area contributed by atoms with E-state index < -0.39 is 0 Å². The van der Waals surface area contributed by atoms with Crippen molar-refractivity contribution in [2.45, 2.75) is 6.92 Å². The third-order valence-corrected chi connectivity index (χ3v) is 6.16. The highest BCUT2D eigenvalue weighted by Crippen LogP contribution is 2.32. The standard InChI is InChI=1S/C21H16I2N2O3S/c1-3-9-28-19-16(22)10-13(11-17(19)23)12-18-20(26)25-21(29-18)24-14-5-7-15(8-6-14)27-4-2/h1,5-8,10-12H,4,9H2,2H3,(H,24,25,26)/b18-12+. The van der Waals surface area contributed by atoms with Crippen molar-refractivity contribution in [3.63, 3.8) is 0 Å². The van der Waals surface area contributed by atoms with Crippen molar-refractivity contribution < 1.29 is 14.3 Å². The summed E-state index contributed by atoms with van der Waals surface area (Å²) in [5.41, 5.74) is 1.66. The topological polar surface area (TPSA) is 59.9 Å². The van der Waals surface area contributed by atoms with Crippen molar-refractivity contribution >= 4 is 79.8 Å². The predicted octanol–water partition coefficient (Wildman–Crippen LogP) is 5.20. The Morgan fingerprint density at radius 3 is 2.52 bits per heavy atom. The number of amidine groups is 1. The van der Waals surface area contributed by atoms with Crippen LogP contribution in [0.5, 0.6) is 11.5 Å². The molecule has 1 aliphatic rings. The Hall–Kier alpha value is -1.71. The summed E-state index contributed by atoms with van der Waals surface area (Å²) in [5.74, 6) is 3.85. The second kappa shape index (κ2) is 10.4. The Labute approximate surface area is 201 Å². The zero-order chi connectivity index (χ0) is 20.8. The highest BCUT2D eigenvalue weighted by atomic mass is 127. The van der Waals surface area contributed by atoms with Crippen molar-refractivity contribution in [2.24, 2.45) is 4.99 Å². The molecule has 29 heavy (non-hydrogen) atoms. The first-order valence-electron chi connectivity index (χ1n) is 8.58. The zero-order valence-corrected chi connectivity index (χ0v) is 20.5. The van der Waals surface area contributed by atoms with Crippen LogP contribution in [0.3, 0.4) is 0 Å². The molecule has 148 valence electrons. The van der Waals surface area contributed by atoms with Gasteiger partial charge in [0.05, 0.1) is 24.3 Å². The minimum atomic E-state index is -0.169. The number of amides is 1. The van der Waals surface area contributed by atoms with E-state index in [9.17, 15) is 4.79 Å². The minimum Gasteiger partial charge on any atom is -0.494 e. The molecule has 3 rings (SSSR count). The van der Waals surface area contributed by atoms with Gasteiger partial charge in [0.25, 0.3) is 5.91 Å². The number of terminal acetylenes is 1. The van der Waals surface area contributed by atoms with E-state index in [-0.39, 0.29) is 12.5 Å². The summed E-state index contributed by atoms with van der Waals surface area (Å²) in [4.78, 5) is 17.4. The lowest BCUT2D eigenvalue weighted by Gasteiger charge is -2.09. The SMILES string of the molecule is C#CCOc1c(I)cc(/C=C2/SC(=Nc3ccc(OCC)cc3)NC2=O)cc1I. The molecule has 1 saturated heterocycles. The van der Waals surface area contributed by atoms with E-state index in [0.717, 1.165) is 29.9 Å². The number of ether oxygens (including phenoxy) is 2. The predicted molar refractivity (Wildman–Crippen MR) is 135 cm³/mol. The van der Waals surface area contributed by atoms with Crippen molar-refractivity contribution in [1.29, 1.82) is 0 Å². The van der Waals surface area contributed by atoms with Crippen molar-refractivity contribution in [3.05, 3.63) is 54.0 Å². The number of halogens is 2. The van der Waals surface area contributed by atoms with Gasteiger partial charge in [-0.3, -0.25) is 4.79 Å². The first-order valence-corrected chi connectivity index (χ1v) is 11.5. The summed E-state index contributed by atoms with van der Waals surface area (Å²) < 4.78 is 12.9. The van der Waals surface area contributed by atoms with Gasteiger partial charge in [0.1, 0.15) is 18.1 Å². The third-order valence-electron chi connectivity index (χ3n) is 3.65. The van der Waals surface area contributed by atoms with E-state index in [1.54, 1.807) is 0 Å². The molecule has 0 aromatic heterocycles. The number of benzene rings is 2. The molecular weight excluding hydrogens is 614 g/mol. The molecule has 0 spiro atoms. The van der Waals surface area contributed by atoms with Gasteiger partial charge in [-0.2, -0.15) is 0 Å². The molecule has 0 aliphatic carbocycles. The lowest BCUT2D eigenvalue weighted by Crippen LogP contribution is -2.19. The van der Waals surface area contributed by atoms with Crippen LogP contribution in [-0.2, 0) is 4.79 Å². The quantitative estimate of drug-likeness (QED) is 0.271. The van der Waals surface area contributed by atoms with Crippen LogP contribution in [0, 0.1) is 19.5 Å². The summed E-state index contributed by atoms with van der Waals surface area (Å²) in [5, 5.41) is 3.35. The van der Waals surface area contributed by atoms with Crippen LogP contribution in [-0.4, -0.2) is 24.3 Å². The van der Waals surface area contributed by atoms with Crippen LogP contribution < -0.4 is 14.8 Å². The Morgan fingerprint density at radius 2 is 1.90 bits per heavy atom. The number of nitrogens with zero attached hydrogens (tertiary/aromatic N) is 1. The molecule has 2 aromatic rings. The fourth-order valence-electron chi connectivity index (χ4n) is 2.45. The zero-order valence-electron chi connectivity index (χ0n) is 15.4. The van der Waals surface area contributed by atoms with Crippen molar-refractivity contribution in [3.8, 4) is 23.8 Å². The van der Waals surface area contributed by atoms with Gasteiger partial charge >= 0.3 is 0 Å². The smallest absolute Gasteiger partial charge is 0.264 e. The van der Waals surface area contributed by atoms with Gasteiger partial charge in [-0.15, -0.1) is 6.42 Å². The van der Waals surface area contributed by atoms with Crippen LogP contribution in [0.15, 0.2) is 46.3 Å². The van der Waals surface area contributed by atoms with Gasteiger partial charge in [0.15, 0.2) is 5.17 Å². The number of carbonyl (C=O) groups is 1. The molecule has 1 amide bonds. The number of aliphatic imine (C=N–C) groups is 1. The normalized spacial score (nSPS) is 16.0. The minimum absolute atomic E-state index is 0.169.